The van der Waals surface area contributed by atoms with Crippen molar-refractivity contribution in [2.45, 2.75) is 27.2 Å². The Kier molecular flexibility index (Phi) is 3.19. The van der Waals surface area contributed by atoms with Gasteiger partial charge in [-0.3, -0.25) is 0 Å². The molecular formula is C14H16N2O2. The molecule has 0 unspecified atom stereocenters. The van der Waals surface area contributed by atoms with Gasteiger partial charge in [-0.2, -0.15) is 5.10 Å². The zero-order valence-corrected chi connectivity index (χ0v) is 10.8. The number of carboxylic acid groups (broad SMARTS) is 1. The minimum absolute atomic E-state index is 0.275. The molecule has 4 nitrogen and oxygen atoms in total. The topological polar surface area (TPSA) is 55.1 Å². The third kappa shape index (κ3) is 2.01. The van der Waals surface area contributed by atoms with Crippen LogP contribution in [-0.2, 0) is 6.42 Å². The minimum Gasteiger partial charge on any atom is -0.478 e. The molecule has 0 spiro atoms. The maximum absolute atomic E-state index is 11.1. The first kappa shape index (κ1) is 12.4. The molecule has 18 heavy (non-hydrogen) atoms. The summed E-state index contributed by atoms with van der Waals surface area (Å²) in [4.78, 5) is 11.1. The zero-order valence-electron chi connectivity index (χ0n) is 10.8. The Labute approximate surface area is 106 Å². The SMILES string of the molecule is CCc1c(C(=O)O)cnn1-c1ccc(C)cc1C. The van der Waals surface area contributed by atoms with Gasteiger partial charge in [0, 0.05) is 0 Å². The summed E-state index contributed by atoms with van der Waals surface area (Å²) >= 11 is 0. The van der Waals surface area contributed by atoms with Crippen molar-refractivity contribution in [2.75, 3.05) is 0 Å². The third-order valence-electron chi connectivity index (χ3n) is 3.01. The van der Waals surface area contributed by atoms with Crippen molar-refractivity contribution in [1.82, 2.24) is 9.78 Å². The molecule has 0 aliphatic rings. The van der Waals surface area contributed by atoms with E-state index in [0.29, 0.717) is 6.42 Å². The highest BCUT2D eigenvalue weighted by molar-refractivity contribution is 5.88. The number of nitrogens with zero attached hydrogens (tertiary/aromatic N) is 2. The van der Waals surface area contributed by atoms with Gasteiger partial charge >= 0.3 is 5.97 Å². The van der Waals surface area contributed by atoms with Gasteiger partial charge in [0.05, 0.1) is 17.6 Å². The smallest absolute Gasteiger partial charge is 0.339 e. The Morgan fingerprint density at radius 3 is 2.67 bits per heavy atom. The molecule has 0 atom stereocenters. The molecule has 0 saturated heterocycles. The van der Waals surface area contributed by atoms with Gasteiger partial charge in [-0.25, -0.2) is 9.48 Å². The Morgan fingerprint density at radius 1 is 1.39 bits per heavy atom. The van der Waals surface area contributed by atoms with Crippen molar-refractivity contribution in [3.05, 3.63) is 46.8 Å². The van der Waals surface area contributed by atoms with Crippen molar-refractivity contribution < 1.29 is 9.90 Å². The minimum atomic E-state index is -0.928. The molecule has 0 radical (unpaired) electrons. The molecule has 0 aliphatic heterocycles. The summed E-state index contributed by atoms with van der Waals surface area (Å²) in [6.07, 6.45) is 2.05. The average molecular weight is 244 g/mol. The first-order valence-corrected chi connectivity index (χ1v) is 5.92. The molecule has 0 fully saturated rings. The largest absolute Gasteiger partial charge is 0.478 e. The van der Waals surface area contributed by atoms with E-state index in [2.05, 4.69) is 11.2 Å². The summed E-state index contributed by atoms with van der Waals surface area (Å²) in [6, 6.07) is 6.04. The summed E-state index contributed by atoms with van der Waals surface area (Å²) in [6.45, 7) is 5.97. The molecule has 2 aromatic rings. The summed E-state index contributed by atoms with van der Waals surface area (Å²) in [7, 11) is 0. The van der Waals surface area contributed by atoms with Crippen molar-refractivity contribution in [3.63, 3.8) is 0 Å². The number of hydrogen-bond donors (Lipinski definition) is 1. The van der Waals surface area contributed by atoms with Gasteiger partial charge in [-0.05, 0) is 31.9 Å². The zero-order chi connectivity index (χ0) is 13.3. The molecule has 2 rings (SSSR count). The van der Waals surface area contributed by atoms with Crippen LogP contribution in [0.3, 0.4) is 0 Å². The van der Waals surface area contributed by atoms with Crippen LogP contribution in [-0.4, -0.2) is 20.9 Å². The van der Waals surface area contributed by atoms with Gasteiger partial charge < -0.3 is 5.11 Å². The predicted molar refractivity (Wildman–Crippen MR) is 69.4 cm³/mol. The number of aromatic carboxylic acids is 1. The number of carbonyl (C=O) groups is 1. The molecule has 1 aromatic carbocycles. The molecule has 1 aromatic heterocycles. The van der Waals surface area contributed by atoms with Crippen LogP contribution >= 0.6 is 0 Å². The Balaban J connectivity index is 2.60. The van der Waals surface area contributed by atoms with Gasteiger partial charge in [0.15, 0.2) is 0 Å². The van der Waals surface area contributed by atoms with Crippen LogP contribution in [0.1, 0.15) is 34.1 Å². The lowest BCUT2D eigenvalue weighted by Crippen LogP contribution is -2.07. The van der Waals surface area contributed by atoms with Gasteiger partial charge in [0.25, 0.3) is 0 Å². The van der Waals surface area contributed by atoms with E-state index < -0.39 is 5.97 Å². The summed E-state index contributed by atoms with van der Waals surface area (Å²) < 4.78 is 1.72. The highest BCUT2D eigenvalue weighted by Gasteiger charge is 2.16. The van der Waals surface area contributed by atoms with Crippen LogP contribution < -0.4 is 0 Å². The second-order valence-corrected chi connectivity index (χ2v) is 4.37. The molecule has 1 heterocycles. The van der Waals surface area contributed by atoms with Crippen LogP contribution in [0.4, 0.5) is 0 Å². The fourth-order valence-corrected chi connectivity index (χ4v) is 2.14. The van der Waals surface area contributed by atoms with Crippen molar-refractivity contribution in [1.29, 1.82) is 0 Å². The predicted octanol–water partition coefficient (Wildman–Crippen LogP) is 2.75. The monoisotopic (exact) mass is 244 g/mol. The van der Waals surface area contributed by atoms with Gasteiger partial charge in [0.2, 0.25) is 0 Å². The van der Waals surface area contributed by atoms with E-state index in [4.69, 9.17) is 5.11 Å². The maximum Gasteiger partial charge on any atom is 0.339 e. The van der Waals surface area contributed by atoms with Crippen LogP contribution in [0.15, 0.2) is 24.4 Å². The second kappa shape index (κ2) is 4.64. The molecule has 94 valence electrons. The van der Waals surface area contributed by atoms with Crippen LogP contribution in [0.5, 0.6) is 0 Å². The number of rotatable bonds is 3. The lowest BCUT2D eigenvalue weighted by Gasteiger charge is -2.10. The third-order valence-corrected chi connectivity index (χ3v) is 3.01. The van der Waals surface area contributed by atoms with E-state index in [-0.39, 0.29) is 5.56 Å². The quantitative estimate of drug-likeness (QED) is 0.903. The Bertz CT molecular complexity index is 600. The van der Waals surface area contributed by atoms with E-state index in [0.717, 1.165) is 16.9 Å². The molecule has 4 heteroatoms. The van der Waals surface area contributed by atoms with Crippen molar-refractivity contribution in [2.24, 2.45) is 0 Å². The standard InChI is InChI=1S/C14H16N2O2/c1-4-12-11(14(17)18)8-15-16(12)13-6-5-9(2)7-10(13)3/h5-8H,4H2,1-3H3,(H,17,18). The fraction of sp³-hybridized carbons (Fsp3) is 0.286. The molecule has 0 bridgehead atoms. The van der Waals surface area contributed by atoms with E-state index >= 15 is 0 Å². The number of aryl methyl sites for hydroxylation is 2. The van der Waals surface area contributed by atoms with E-state index in [1.54, 1.807) is 4.68 Å². The second-order valence-electron chi connectivity index (χ2n) is 4.37. The van der Waals surface area contributed by atoms with E-state index in [9.17, 15) is 4.79 Å². The number of benzene rings is 1. The summed E-state index contributed by atoms with van der Waals surface area (Å²) in [5, 5.41) is 13.3. The van der Waals surface area contributed by atoms with Crippen LogP contribution in [0.2, 0.25) is 0 Å². The number of aromatic nitrogens is 2. The van der Waals surface area contributed by atoms with Gasteiger partial charge in [-0.1, -0.05) is 24.6 Å². The fourth-order valence-electron chi connectivity index (χ4n) is 2.14. The van der Waals surface area contributed by atoms with Crippen molar-refractivity contribution in [3.8, 4) is 5.69 Å². The molecule has 1 N–H and O–H groups in total. The molecule has 0 amide bonds. The Morgan fingerprint density at radius 2 is 2.11 bits per heavy atom. The first-order valence-electron chi connectivity index (χ1n) is 5.92. The highest BCUT2D eigenvalue weighted by atomic mass is 16.4. The summed E-state index contributed by atoms with van der Waals surface area (Å²) in [5.41, 5.74) is 4.21. The Hall–Kier alpha value is -2.10. The van der Waals surface area contributed by atoms with E-state index in [1.165, 1.54) is 11.8 Å². The highest BCUT2D eigenvalue weighted by Crippen LogP contribution is 2.19. The molecule has 0 aliphatic carbocycles. The average Bonchev–Trinajstić information content (AvgIpc) is 2.72. The number of hydrogen-bond acceptors (Lipinski definition) is 2. The van der Waals surface area contributed by atoms with Crippen LogP contribution in [0.25, 0.3) is 5.69 Å². The van der Waals surface area contributed by atoms with Gasteiger partial charge in [0.1, 0.15) is 5.56 Å². The number of carboxylic acids is 1. The normalized spacial score (nSPS) is 10.6. The summed E-state index contributed by atoms with van der Waals surface area (Å²) in [5.74, 6) is -0.928. The maximum atomic E-state index is 11.1. The molecular weight excluding hydrogens is 228 g/mol. The van der Waals surface area contributed by atoms with Gasteiger partial charge in [-0.15, -0.1) is 0 Å². The first-order chi connectivity index (χ1) is 8.54. The lowest BCUT2D eigenvalue weighted by molar-refractivity contribution is 0.0695. The molecule has 0 saturated carbocycles. The lowest BCUT2D eigenvalue weighted by atomic mass is 10.1. The van der Waals surface area contributed by atoms with E-state index in [1.807, 2.05) is 32.9 Å². The van der Waals surface area contributed by atoms with Crippen molar-refractivity contribution >= 4 is 5.97 Å². The van der Waals surface area contributed by atoms with Crippen LogP contribution in [0, 0.1) is 13.8 Å².